The van der Waals surface area contributed by atoms with Crippen molar-refractivity contribution in [2.45, 2.75) is 25.3 Å². The van der Waals surface area contributed by atoms with E-state index in [0.717, 1.165) is 6.04 Å². The predicted molar refractivity (Wildman–Crippen MR) is 38.0 cm³/mol. The maximum atomic E-state index is 4.07. The number of rotatable bonds is 0. The summed E-state index contributed by atoms with van der Waals surface area (Å²) in [7, 11) is 2.19. The lowest BCUT2D eigenvalue weighted by atomic mass is 10.1. The largest absolute Gasteiger partial charge is 1.00 e. The van der Waals surface area contributed by atoms with Gasteiger partial charge in [-0.1, -0.05) is 0 Å². The molecule has 0 spiro atoms. The molecule has 1 heterocycles. The summed E-state index contributed by atoms with van der Waals surface area (Å²) in [5.41, 5.74) is 4.07. The zero-order valence-corrected chi connectivity index (χ0v) is 7.40. The summed E-state index contributed by atoms with van der Waals surface area (Å²) in [6.07, 6.45) is 3.95. The number of quaternary nitrogens is 1. The molecule has 0 saturated carbocycles. The highest BCUT2D eigenvalue weighted by molar-refractivity contribution is 4.64. The first kappa shape index (κ1) is 10.2. The Hall–Kier alpha value is 0.210. The van der Waals surface area contributed by atoms with Crippen molar-refractivity contribution in [2.75, 3.05) is 20.1 Å². The van der Waals surface area contributed by atoms with Crippen LogP contribution in [0.4, 0.5) is 0 Å². The lowest BCUT2D eigenvalue weighted by Crippen LogP contribution is -3.00. The second-order valence-electron chi connectivity index (χ2n) is 3.10. The Balaban J connectivity index is 0.000000810. The van der Waals surface area contributed by atoms with Gasteiger partial charge in [0, 0.05) is 19.4 Å². The van der Waals surface area contributed by atoms with Crippen LogP contribution in [0.25, 0.3) is 0 Å². The third kappa shape index (κ3) is 3.40. The molecule has 0 unspecified atom stereocenters. The summed E-state index contributed by atoms with van der Waals surface area (Å²) in [4.78, 5) is 2.39. The maximum Gasteiger partial charge on any atom is 0.0856 e. The molecule has 3 N–H and O–H groups in total. The Morgan fingerprint density at radius 1 is 1.30 bits per heavy atom. The Labute approximate surface area is 69.2 Å². The summed E-state index contributed by atoms with van der Waals surface area (Å²) >= 11 is 0. The topological polar surface area (TPSA) is 30.9 Å². The predicted octanol–water partition coefficient (Wildman–Crippen LogP) is -3.28. The first-order chi connectivity index (χ1) is 4.29. The van der Waals surface area contributed by atoms with Crippen LogP contribution >= 0.6 is 0 Å². The third-order valence-corrected chi connectivity index (χ3v) is 2.07. The van der Waals surface area contributed by atoms with Crippen LogP contribution in [0.15, 0.2) is 0 Å². The molecule has 1 aliphatic rings. The lowest BCUT2D eigenvalue weighted by molar-refractivity contribution is -0.421. The van der Waals surface area contributed by atoms with Gasteiger partial charge in [0.25, 0.3) is 0 Å². The van der Waals surface area contributed by atoms with E-state index in [1.54, 1.807) is 0 Å². The van der Waals surface area contributed by atoms with Gasteiger partial charge in [-0.3, -0.25) is 0 Å². The highest BCUT2D eigenvalue weighted by Crippen LogP contribution is 2.04. The van der Waals surface area contributed by atoms with Crippen LogP contribution in [0, 0.1) is 0 Å². The van der Waals surface area contributed by atoms with Crippen LogP contribution in [-0.2, 0) is 0 Å². The average molecular weight is 165 g/mol. The van der Waals surface area contributed by atoms with Crippen molar-refractivity contribution in [3.05, 3.63) is 0 Å². The van der Waals surface area contributed by atoms with Crippen LogP contribution in [0.2, 0.25) is 0 Å². The van der Waals surface area contributed by atoms with Crippen molar-refractivity contribution in [1.29, 1.82) is 0 Å². The van der Waals surface area contributed by atoms with Crippen molar-refractivity contribution < 1.29 is 18.1 Å². The molecule has 1 rings (SSSR count). The summed E-state index contributed by atoms with van der Waals surface area (Å²) in [5.74, 6) is 0. The Bertz CT molecular complexity index is 77.7. The van der Waals surface area contributed by atoms with E-state index in [1.165, 1.54) is 32.4 Å². The smallest absolute Gasteiger partial charge is 0.0856 e. The molecule has 0 amide bonds. The first-order valence-corrected chi connectivity index (χ1v) is 3.80. The van der Waals surface area contributed by atoms with Gasteiger partial charge < -0.3 is 23.0 Å². The van der Waals surface area contributed by atoms with Gasteiger partial charge >= 0.3 is 0 Å². The monoisotopic (exact) mass is 164 g/mol. The summed E-state index contributed by atoms with van der Waals surface area (Å²) in [5, 5.41) is 0. The summed E-state index contributed by atoms with van der Waals surface area (Å²) < 4.78 is 0. The van der Waals surface area contributed by atoms with Gasteiger partial charge in [0.1, 0.15) is 0 Å². The zero-order chi connectivity index (χ0) is 6.69. The number of hydrogen-bond acceptors (Lipinski definition) is 1. The van der Waals surface area contributed by atoms with Gasteiger partial charge in [0.15, 0.2) is 0 Å². The van der Waals surface area contributed by atoms with Crippen LogP contribution in [0.5, 0.6) is 0 Å². The second-order valence-corrected chi connectivity index (χ2v) is 3.10. The molecule has 1 fully saturated rings. The minimum atomic E-state index is 0. The minimum absolute atomic E-state index is 0. The van der Waals surface area contributed by atoms with E-state index >= 15 is 0 Å². The third-order valence-electron chi connectivity index (χ3n) is 2.07. The fraction of sp³-hybridized carbons (Fsp3) is 1.00. The minimum Gasteiger partial charge on any atom is -1.00 e. The first-order valence-electron chi connectivity index (χ1n) is 3.80. The molecule has 62 valence electrons. The van der Waals surface area contributed by atoms with E-state index < -0.39 is 0 Å². The Kier molecular flexibility index (Phi) is 5.04. The standard InChI is InChI=1S/C7H16N2.ClH/c1-9-5-2-3-7(8)4-6-9;/h7H,2-6,8H2,1H3;1H/t7-;/m0./s1. The quantitative estimate of drug-likeness (QED) is 0.400. The molecule has 10 heavy (non-hydrogen) atoms. The molecule has 0 aliphatic carbocycles. The molecule has 2 nitrogen and oxygen atoms in total. The summed E-state index contributed by atoms with van der Waals surface area (Å²) in [6, 6.07) is 0.718. The number of nitrogens with zero attached hydrogens (tertiary/aromatic N) is 1. The molecule has 0 aromatic rings. The van der Waals surface area contributed by atoms with Crippen LogP contribution in [-0.4, -0.2) is 31.1 Å². The van der Waals surface area contributed by atoms with E-state index in [-0.39, 0.29) is 12.4 Å². The zero-order valence-electron chi connectivity index (χ0n) is 6.65. The van der Waals surface area contributed by atoms with Gasteiger partial charge in [0.2, 0.25) is 0 Å². The van der Waals surface area contributed by atoms with E-state index in [1.807, 2.05) is 0 Å². The second kappa shape index (κ2) is 4.94. The molecule has 1 saturated heterocycles. The molecule has 3 heteroatoms. The van der Waals surface area contributed by atoms with Crippen LogP contribution in [0.3, 0.4) is 0 Å². The Morgan fingerprint density at radius 2 is 2.00 bits per heavy atom. The molecule has 0 radical (unpaired) electrons. The number of halogens is 1. The van der Waals surface area contributed by atoms with Gasteiger partial charge in [-0.25, -0.2) is 0 Å². The molecule has 1 atom stereocenters. The fourth-order valence-corrected chi connectivity index (χ4v) is 1.31. The molecule has 1 aliphatic heterocycles. The highest BCUT2D eigenvalue weighted by atomic mass is 35.5. The van der Waals surface area contributed by atoms with Crippen molar-refractivity contribution in [3.8, 4) is 0 Å². The molecule has 0 aromatic heterocycles. The van der Waals surface area contributed by atoms with E-state index in [2.05, 4.69) is 17.7 Å². The SMILES string of the molecule is CN1CCC[C@H]([NH3+])CC1.[Cl-]. The molecule has 0 bridgehead atoms. The van der Waals surface area contributed by atoms with Crippen LogP contribution < -0.4 is 18.1 Å². The highest BCUT2D eigenvalue weighted by Gasteiger charge is 2.12. The van der Waals surface area contributed by atoms with Gasteiger partial charge in [0.05, 0.1) is 6.04 Å². The van der Waals surface area contributed by atoms with E-state index in [0.29, 0.717) is 0 Å². The normalized spacial score (nSPS) is 28.8. The van der Waals surface area contributed by atoms with Crippen molar-refractivity contribution in [1.82, 2.24) is 4.90 Å². The molecular formula is C7H17ClN2. The van der Waals surface area contributed by atoms with E-state index in [9.17, 15) is 0 Å². The number of hydrogen-bond donors (Lipinski definition) is 1. The molecular weight excluding hydrogens is 148 g/mol. The Morgan fingerprint density at radius 3 is 2.70 bits per heavy atom. The lowest BCUT2D eigenvalue weighted by Gasteiger charge is -2.10. The van der Waals surface area contributed by atoms with Gasteiger partial charge in [-0.2, -0.15) is 0 Å². The van der Waals surface area contributed by atoms with Gasteiger partial charge in [-0.15, -0.1) is 0 Å². The maximum absolute atomic E-state index is 4.07. The fourth-order valence-electron chi connectivity index (χ4n) is 1.31. The average Bonchev–Trinajstić information content (AvgIpc) is 1.97. The van der Waals surface area contributed by atoms with Crippen molar-refractivity contribution >= 4 is 0 Å². The summed E-state index contributed by atoms with van der Waals surface area (Å²) in [6.45, 7) is 2.51. The van der Waals surface area contributed by atoms with Gasteiger partial charge in [-0.05, 0) is 20.0 Å². The van der Waals surface area contributed by atoms with E-state index in [4.69, 9.17) is 0 Å². The van der Waals surface area contributed by atoms with Crippen molar-refractivity contribution in [2.24, 2.45) is 0 Å². The number of likely N-dealkylation sites (tertiary alicyclic amines) is 1. The van der Waals surface area contributed by atoms with Crippen LogP contribution in [0.1, 0.15) is 19.3 Å². The van der Waals surface area contributed by atoms with Crippen molar-refractivity contribution in [3.63, 3.8) is 0 Å². The molecule has 0 aromatic carbocycles.